The van der Waals surface area contributed by atoms with Crippen molar-refractivity contribution in [3.63, 3.8) is 0 Å². The molecule has 0 radical (unpaired) electrons. The van der Waals surface area contributed by atoms with Crippen LogP contribution in [0.25, 0.3) is 0 Å². The second-order valence-electron chi connectivity index (χ2n) is 5.27. The smallest absolute Gasteiger partial charge is 0.410 e. The van der Waals surface area contributed by atoms with Crippen molar-refractivity contribution < 1.29 is 19.1 Å². The third-order valence-corrected chi connectivity index (χ3v) is 2.42. The lowest BCUT2D eigenvalue weighted by atomic mass is 10.1. The van der Waals surface area contributed by atoms with Gasteiger partial charge < -0.3 is 19.2 Å². The molecule has 1 amide bonds. The maximum absolute atomic E-state index is 11.9. The van der Waals surface area contributed by atoms with Crippen LogP contribution in [0.15, 0.2) is 0 Å². The molecule has 0 aromatic heterocycles. The number of carbonyl (C=O) groups is 2. The summed E-state index contributed by atoms with van der Waals surface area (Å²) in [5, 5.41) is 0. The normalized spacial score (nSPS) is 21.8. The molecule has 98 valence electrons. The Balaban J connectivity index is 2.55. The molecule has 1 atom stereocenters. The SMILES string of the molecule is CC(C)(C)OC(=O)N1CCOCC(CC=O)C1. The Morgan fingerprint density at radius 1 is 1.53 bits per heavy atom. The van der Waals surface area contributed by atoms with E-state index in [1.54, 1.807) is 4.90 Å². The molecule has 1 aliphatic rings. The highest BCUT2D eigenvalue weighted by Gasteiger charge is 2.26. The fourth-order valence-corrected chi connectivity index (χ4v) is 1.65. The van der Waals surface area contributed by atoms with Gasteiger partial charge in [-0.3, -0.25) is 0 Å². The first-order chi connectivity index (χ1) is 7.92. The number of ether oxygens (including phenoxy) is 2. The van der Waals surface area contributed by atoms with Gasteiger partial charge in [-0.15, -0.1) is 0 Å². The zero-order valence-electron chi connectivity index (χ0n) is 10.8. The van der Waals surface area contributed by atoms with Gasteiger partial charge >= 0.3 is 6.09 Å². The van der Waals surface area contributed by atoms with Crippen molar-refractivity contribution in [2.75, 3.05) is 26.3 Å². The molecule has 0 aromatic carbocycles. The van der Waals surface area contributed by atoms with E-state index < -0.39 is 5.60 Å². The third kappa shape index (κ3) is 5.17. The van der Waals surface area contributed by atoms with E-state index in [2.05, 4.69) is 0 Å². The Labute approximate surface area is 102 Å². The molecular formula is C12H21NO4. The summed E-state index contributed by atoms with van der Waals surface area (Å²) >= 11 is 0. The average molecular weight is 243 g/mol. The summed E-state index contributed by atoms with van der Waals surface area (Å²) < 4.78 is 10.7. The van der Waals surface area contributed by atoms with Gasteiger partial charge in [-0.25, -0.2) is 4.79 Å². The summed E-state index contributed by atoms with van der Waals surface area (Å²) in [6.07, 6.45) is 0.949. The van der Waals surface area contributed by atoms with E-state index in [9.17, 15) is 9.59 Å². The largest absolute Gasteiger partial charge is 0.444 e. The van der Waals surface area contributed by atoms with Crippen molar-refractivity contribution in [2.45, 2.75) is 32.8 Å². The van der Waals surface area contributed by atoms with Gasteiger partial charge in [0.2, 0.25) is 0 Å². The molecule has 1 heterocycles. The minimum absolute atomic E-state index is 0.0718. The Morgan fingerprint density at radius 2 is 2.24 bits per heavy atom. The molecule has 0 N–H and O–H groups in total. The molecule has 0 saturated carbocycles. The molecule has 1 fully saturated rings. The van der Waals surface area contributed by atoms with Crippen LogP contribution in [0.2, 0.25) is 0 Å². The van der Waals surface area contributed by atoms with E-state index in [1.165, 1.54) is 0 Å². The fraction of sp³-hybridized carbons (Fsp3) is 0.833. The molecule has 1 aliphatic heterocycles. The van der Waals surface area contributed by atoms with Crippen molar-refractivity contribution in [2.24, 2.45) is 5.92 Å². The standard InChI is InChI=1S/C12H21NO4/c1-12(2,3)17-11(15)13-5-7-16-9-10(8-13)4-6-14/h6,10H,4-5,7-9H2,1-3H3. The van der Waals surface area contributed by atoms with Gasteiger partial charge in [0.15, 0.2) is 0 Å². The highest BCUT2D eigenvalue weighted by Crippen LogP contribution is 2.14. The maximum Gasteiger partial charge on any atom is 0.410 e. The molecule has 1 rings (SSSR count). The summed E-state index contributed by atoms with van der Waals surface area (Å²) in [5.41, 5.74) is -0.496. The van der Waals surface area contributed by atoms with Gasteiger partial charge in [0.05, 0.1) is 13.2 Å². The van der Waals surface area contributed by atoms with Gasteiger partial charge in [-0.1, -0.05) is 0 Å². The topological polar surface area (TPSA) is 55.8 Å². The first-order valence-corrected chi connectivity index (χ1v) is 5.91. The minimum atomic E-state index is -0.496. The number of hydrogen-bond donors (Lipinski definition) is 0. The zero-order valence-corrected chi connectivity index (χ0v) is 10.8. The highest BCUT2D eigenvalue weighted by molar-refractivity contribution is 5.68. The molecule has 0 spiro atoms. The molecule has 0 aromatic rings. The summed E-state index contributed by atoms with van der Waals surface area (Å²) in [6.45, 7) is 7.57. The second kappa shape index (κ2) is 6.00. The second-order valence-corrected chi connectivity index (χ2v) is 5.27. The van der Waals surface area contributed by atoms with Crippen molar-refractivity contribution in [3.05, 3.63) is 0 Å². The van der Waals surface area contributed by atoms with Gasteiger partial charge in [0.25, 0.3) is 0 Å². The Kier molecular flexibility index (Phi) is 4.93. The van der Waals surface area contributed by atoms with Crippen LogP contribution in [-0.2, 0) is 14.3 Å². The van der Waals surface area contributed by atoms with Crippen molar-refractivity contribution >= 4 is 12.4 Å². The Hall–Kier alpha value is -1.10. The number of rotatable bonds is 2. The minimum Gasteiger partial charge on any atom is -0.444 e. The van der Waals surface area contributed by atoms with Crippen LogP contribution >= 0.6 is 0 Å². The van der Waals surface area contributed by atoms with Crippen LogP contribution in [0.4, 0.5) is 4.79 Å². The van der Waals surface area contributed by atoms with E-state index >= 15 is 0 Å². The van der Waals surface area contributed by atoms with Crippen LogP contribution in [0.3, 0.4) is 0 Å². The first-order valence-electron chi connectivity index (χ1n) is 5.91. The maximum atomic E-state index is 11.9. The average Bonchev–Trinajstić information content (AvgIpc) is 2.41. The van der Waals surface area contributed by atoms with Gasteiger partial charge in [-0.05, 0) is 20.8 Å². The van der Waals surface area contributed by atoms with E-state index in [4.69, 9.17) is 9.47 Å². The molecule has 5 nitrogen and oxygen atoms in total. The van der Waals surface area contributed by atoms with Crippen molar-refractivity contribution in [3.8, 4) is 0 Å². The van der Waals surface area contributed by atoms with E-state index in [0.29, 0.717) is 32.7 Å². The third-order valence-electron chi connectivity index (χ3n) is 2.42. The summed E-state index contributed by atoms with van der Waals surface area (Å²) in [5.74, 6) is 0.0718. The van der Waals surface area contributed by atoms with Crippen LogP contribution < -0.4 is 0 Å². The number of hydrogen-bond acceptors (Lipinski definition) is 4. The number of aldehydes is 1. The monoisotopic (exact) mass is 243 g/mol. The molecule has 0 bridgehead atoms. The molecule has 1 saturated heterocycles. The zero-order chi connectivity index (χ0) is 12.9. The van der Waals surface area contributed by atoms with E-state index in [1.807, 2.05) is 20.8 Å². The van der Waals surface area contributed by atoms with E-state index in [0.717, 1.165) is 6.29 Å². The number of carbonyl (C=O) groups excluding carboxylic acids is 2. The lowest BCUT2D eigenvalue weighted by Crippen LogP contribution is -2.40. The number of nitrogens with zero attached hydrogens (tertiary/aromatic N) is 1. The molecular weight excluding hydrogens is 222 g/mol. The molecule has 1 unspecified atom stereocenters. The fourth-order valence-electron chi connectivity index (χ4n) is 1.65. The van der Waals surface area contributed by atoms with Gasteiger partial charge in [0.1, 0.15) is 11.9 Å². The first kappa shape index (κ1) is 14.0. The van der Waals surface area contributed by atoms with Gasteiger partial charge in [-0.2, -0.15) is 0 Å². The predicted octanol–water partition coefficient (Wildman–Crippen LogP) is 1.46. The summed E-state index contributed by atoms with van der Waals surface area (Å²) in [7, 11) is 0. The van der Waals surface area contributed by atoms with Crippen LogP contribution in [0.5, 0.6) is 0 Å². The Bertz CT molecular complexity index is 272. The summed E-state index contributed by atoms with van der Waals surface area (Å²) in [6, 6.07) is 0. The quantitative estimate of drug-likeness (QED) is 0.689. The predicted molar refractivity (Wildman–Crippen MR) is 62.8 cm³/mol. The van der Waals surface area contributed by atoms with Crippen LogP contribution in [-0.4, -0.2) is 49.2 Å². The Morgan fingerprint density at radius 3 is 2.82 bits per heavy atom. The molecule has 0 aliphatic carbocycles. The number of amides is 1. The van der Waals surface area contributed by atoms with Gasteiger partial charge in [0, 0.05) is 25.4 Å². The van der Waals surface area contributed by atoms with Crippen LogP contribution in [0.1, 0.15) is 27.2 Å². The lowest BCUT2D eigenvalue weighted by Gasteiger charge is -2.27. The highest BCUT2D eigenvalue weighted by atomic mass is 16.6. The molecule has 17 heavy (non-hydrogen) atoms. The summed E-state index contributed by atoms with van der Waals surface area (Å²) in [4.78, 5) is 24.0. The molecule has 5 heteroatoms. The van der Waals surface area contributed by atoms with Crippen LogP contribution in [0, 0.1) is 5.92 Å². The van der Waals surface area contributed by atoms with Crippen molar-refractivity contribution in [1.29, 1.82) is 0 Å². The lowest BCUT2D eigenvalue weighted by molar-refractivity contribution is -0.109. The van der Waals surface area contributed by atoms with Crippen molar-refractivity contribution in [1.82, 2.24) is 4.90 Å². The van der Waals surface area contributed by atoms with E-state index in [-0.39, 0.29) is 12.0 Å².